The third kappa shape index (κ3) is 2.86. The summed E-state index contributed by atoms with van der Waals surface area (Å²) in [6.07, 6.45) is 1.74. The van der Waals surface area contributed by atoms with Crippen molar-refractivity contribution in [3.63, 3.8) is 0 Å². The van der Waals surface area contributed by atoms with E-state index in [0.717, 1.165) is 5.56 Å². The number of oxime groups is 1. The lowest BCUT2D eigenvalue weighted by atomic mass is 9.97. The van der Waals surface area contributed by atoms with E-state index in [1.165, 1.54) is 27.1 Å². The molecule has 0 aliphatic rings. The van der Waals surface area contributed by atoms with Crippen molar-refractivity contribution in [1.82, 2.24) is 0 Å². The Labute approximate surface area is 141 Å². The van der Waals surface area contributed by atoms with Gasteiger partial charge in [0.05, 0.1) is 6.21 Å². The van der Waals surface area contributed by atoms with Crippen LogP contribution in [0, 0.1) is 0 Å². The molecule has 0 aromatic heterocycles. The third-order valence-electron chi connectivity index (χ3n) is 4.17. The minimum atomic E-state index is 0.450. The molecule has 0 aliphatic carbocycles. The molecule has 0 saturated heterocycles. The molecule has 0 bridgehead atoms. The Morgan fingerprint density at radius 3 is 1.96 bits per heavy atom. The molecular formula is C22H17NO. The summed E-state index contributed by atoms with van der Waals surface area (Å²) in [5.41, 5.74) is 2.20. The molecule has 4 aromatic carbocycles. The van der Waals surface area contributed by atoms with Gasteiger partial charge in [-0.05, 0) is 33.2 Å². The molecule has 0 spiro atoms. The highest BCUT2D eigenvalue weighted by molar-refractivity contribution is 6.02. The first-order valence-corrected chi connectivity index (χ1v) is 8.01. The molecule has 116 valence electrons. The van der Waals surface area contributed by atoms with Gasteiger partial charge in [0.15, 0.2) is 0 Å². The summed E-state index contributed by atoms with van der Waals surface area (Å²) in [5, 5.41) is 9.00. The second-order valence-electron chi connectivity index (χ2n) is 5.72. The maximum Gasteiger partial charge on any atom is 0.143 e. The lowest BCUT2D eigenvalue weighted by molar-refractivity contribution is 0.134. The fourth-order valence-electron chi connectivity index (χ4n) is 3.00. The van der Waals surface area contributed by atoms with Gasteiger partial charge in [-0.3, -0.25) is 0 Å². The largest absolute Gasteiger partial charge is 0.391 e. The molecule has 0 unspecified atom stereocenters. The Morgan fingerprint density at radius 2 is 1.29 bits per heavy atom. The van der Waals surface area contributed by atoms with Crippen molar-refractivity contribution in [3.05, 3.63) is 96.1 Å². The van der Waals surface area contributed by atoms with Crippen molar-refractivity contribution in [2.24, 2.45) is 5.16 Å². The molecule has 0 amide bonds. The molecule has 0 atom stereocenters. The van der Waals surface area contributed by atoms with Crippen LogP contribution in [-0.4, -0.2) is 6.21 Å². The number of rotatable bonds is 4. The fraction of sp³-hybridized carbons (Fsp3) is 0.0455. The highest BCUT2D eigenvalue weighted by Crippen LogP contribution is 2.29. The van der Waals surface area contributed by atoms with Crippen LogP contribution < -0.4 is 0 Å². The monoisotopic (exact) mass is 311 g/mol. The van der Waals surface area contributed by atoms with Gasteiger partial charge in [-0.15, -0.1) is 0 Å². The average Bonchev–Trinajstić information content (AvgIpc) is 2.65. The minimum Gasteiger partial charge on any atom is -0.391 e. The summed E-state index contributed by atoms with van der Waals surface area (Å²) in [5.74, 6) is 0. The summed E-state index contributed by atoms with van der Waals surface area (Å²) in [7, 11) is 0. The SMILES string of the molecule is C(=N\OCc1c2ccccc2cc2ccccc12)/c1ccccc1. The zero-order valence-corrected chi connectivity index (χ0v) is 13.2. The summed E-state index contributed by atoms with van der Waals surface area (Å²) < 4.78 is 0. The van der Waals surface area contributed by atoms with Gasteiger partial charge in [-0.25, -0.2) is 0 Å². The summed E-state index contributed by atoms with van der Waals surface area (Å²) >= 11 is 0. The molecule has 2 heteroatoms. The van der Waals surface area contributed by atoms with Gasteiger partial charge in [-0.2, -0.15) is 0 Å². The quantitative estimate of drug-likeness (QED) is 0.275. The van der Waals surface area contributed by atoms with Crippen LogP contribution in [0.2, 0.25) is 0 Å². The Hall–Kier alpha value is -3.13. The first-order chi connectivity index (χ1) is 11.9. The van der Waals surface area contributed by atoms with Crippen LogP contribution >= 0.6 is 0 Å². The molecule has 24 heavy (non-hydrogen) atoms. The van der Waals surface area contributed by atoms with E-state index < -0.39 is 0 Å². The van der Waals surface area contributed by atoms with Crippen molar-refractivity contribution in [1.29, 1.82) is 0 Å². The Bertz CT molecular complexity index is 952. The number of fused-ring (bicyclic) bond motifs is 2. The third-order valence-corrected chi connectivity index (χ3v) is 4.17. The number of hydrogen-bond donors (Lipinski definition) is 0. The maximum absolute atomic E-state index is 5.61. The van der Waals surface area contributed by atoms with Crippen molar-refractivity contribution in [2.45, 2.75) is 6.61 Å². The predicted octanol–water partition coefficient (Wildman–Crippen LogP) is 5.54. The average molecular weight is 311 g/mol. The van der Waals surface area contributed by atoms with E-state index in [9.17, 15) is 0 Å². The Morgan fingerprint density at radius 1 is 0.708 bits per heavy atom. The zero-order valence-electron chi connectivity index (χ0n) is 13.2. The van der Waals surface area contributed by atoms with Gasteiger partial charge in [0.1, 0.15) is 6.61 Å². The van der Waals surface area contributed by atoms with Gasteiger partial charge in [0.25, 0.3) is 0 Å². The van der Waals surface area contributed by atoms with Crippen molar-refractivity contribution in [3.8, 4) is 0 Å². The number of benzene rings is 4. The first-order valence-electron chi connectivity index (χ1n) is 8.01. The predicted molar refractivity (Wildman–Crippen MR) is 100 cm³/mol. The second-order valence-corrected chi connectivity index (χ2v) is 5.72. The Kier molecular flexibility index (Phi) is 3.95. The van der Waals surface area contributed by atoms with E-state index in [2.05, 4.69) is 59.8 Å². The molecule has 0 saturated carbocycles. The van der Waals surface area contributed by atoms with E-state index in [4.69, 9.17) is 4.84 Å². The molecule has 0 N–H and O–H groups in total. The van der Waals surface area contributed by atoms with Crippen LogP contribution in [0.25, 0.3) is 21.5 Å². The van der Waals surface area contributed by atoms with Gasteiger partial charge in [0.2, 0.25) is 0 Å². The van der Waals surface area contributed by atoms with Crippen LogP contribution in [0.1, 0.15) is 11.1 Å². The molecule has 0 radical (unpaired) electrons. The zero-order chi connectivity index (χ0) is 16.2. The highest BCUT2D eigenvalue weighted by Gasteiger charge is 2.07. The summed E-state index contributed by atoms with van der Waals surface area (Å²) in [6, 6.07) is 29.0. The van der Waals surface area contributed by atoms with E-state index in [1.807, 2.05) is 30.3 Å². The van der Waals surface area contributed by atoms with Crippen LogP contribution in [0.4, 0.5) is 0 Å². The molecule has 2 nitrogen and oxygen atoms in total. The van der Waals surface area contributed by atoms with Crippen LogP contribution in [0.5, 0.6) is 0 Å². The number of hydrogen-bond acceptors (Lipinski definition) is 2. The molecule has 4 aromatic rings. The number of nitrogens with zero attached hydrogens (tertiary/aromatic N) is 1. The van der Waals surface area contributed by atoms with E-state index in [1.54, 1.807) is 6.21 Å². The van der Waals surface area contributed by atoms with E-state index in [-0.39, 0.29) is 0 Å². The normalized spacial score (nSPS) is 11.3. The van der Waals surface area contributed by atoms with Crippen molar-refractivity contribution in [2.75, 3.05) is 0 Å². The van der Waals surface area contributed by atoms with Gasteiger partial charge < -0.3 is 4.84 Å². The summed E-state index contributed by atoms with van der Waals surface area (Å²) in [6.45, 7) is 0.450. The van der Waals surface area contributed by atoms with Crippen molar-refractivity contribution < 1.29 is 4.84 Å². The van der Waals surface area contributed by atoms with E-state index >= 15 is 0 Å². The highest BCUT2D eigenvalue weighted by atomic mass is 16.6. The molecular weight excluding hydrogens is 294 g/mol. The standard InChI is InChI=1S/C22H17NO/c1-2-8-17(9-3-1)15-23-24-16-22-20-12-6-4-10-18(20)14-19-11-5-7-13-21(19)22/h1-15H,16H2/b23-15+. The van der Waals surface area contributed by atoms with Gasteiger partial charge in [-0.1, -0.05) is 84.0 Å². The molecule has 0 heterocycles. The smallest absolute Gasteiger partial charge is 0.143 e. The molecule has 4 rings (SSSR count). The van der Waals surface area contributed by atoms with Crippen molar-refractivity contribution >= 4 is 27.8 Å². The Balaban J connectivity index is 1.68. The lowest BCUT2D eigenvalue weighted by Gasteiger charge is -2.10. The van der Waals surface area contributed by atoms with Crippen LogP contribution in [0.15, 0.2) is 90.1 Å². The topological polar surface area (TPSA) is 21.6 Å². The van der Waals surface area contributed by atoms with Crippen LogP contribution in [-0.2, 0) is 11.4 Å². The first kappa shape index (κ1) is 14.5. The van der Waals surface area contributed by atoms with Gasteiger partial charge in [0, 0.05) is 5.56 Å². The van der Waals surface area contributed by atoms with Crippen LogP contribution in [0.3, 0.4) is 0 Å². The molecule has 0 fully saturated rings. The lowest BCUT2D eigenvalue weighted by Crippen LogP contribution is -1.92. The minimum absolute atomic E-state index is 0.450. The fourth-order valence-corrected chi connectivity index (χ4v) is 3.00. The van der Waals surface area contributed by atoms with Gasteiger partial charge >= 0.3 is 0 Å². The second kappa shape index (κ2) is 6.55. The maximum atomic E-state index is 5.61. The molecule has 0 aliphatic heterocycles. The summed E-state index contributed by atoms with van der Waals surface area (Å²) in [4.78, 5) is 5.61. The van der Waals surface area contributed by atoms with E-state index in [0.29, 0.717) is 6.61 Å².